The lowest BCUT2D eigenvalue weighted by atomic mass is 10.1. The Bertz CT molecular complexity index is 1210. The van der Waals surface area contributed by atoms with Gasteiger partial charge in [0.2, 0.25) is 5.91 Å². The van der Waals surface area contributed by atoms with Crippen LogP contribution in [0, 0.1) is 6.92 Å². The Hall–Kier alpha value is -3.58. The van der Waals surface area contributed by atoms with Crippen molar-refractivity contribution in [2.24, 2.45) is 0 Å². The number of carbonyl (C=O) groups excluding carboxylic acids is 1. The van der Waals surface area contributed by atoms with Gasteiger partial charge in [0.15, 0.2) is 11.0 Å². The van der Waals surface area contributed by atoms with Gasteiger partial charge >= 0.3 is 0 Å². The van der Waals surface area contributed by atoms with Gasteiger partial charge in [0.05, 0.1) is 0 Å². The summed E-state index contributed by atoms with van der Waals surface area (Å²) in [5.41, 5.74) is 2.89. The molecule has 0 spiro atoms. The third kappa shape index (κ3) is 5.26. The number of nitrogens with zero attached hydrogens (tertiary/aromatic N) is 4. The molecule has 4 aromatic rings. The van der Waals surface area contributed by atoms with Crippen LogP contribution in [0.3, 0.4) is 0 Å². The van der Waals surface area contributed by atoms with E-state index in [1.165, 1.54) is 11.8 Å². The Morgan fingerprint density at radius 3 is 2.24 bits per heavy atom. The summed E-state index contributed by atoms with van der Waals surface area (Å²) >= 11 is 1.39. The second kappa shape index (κ2) is 10.4. The molecule has 0 N–H and O–H groups in total. The SMILES string of the molecule is Cc1ccccc1OCc1nnc(S[C@@H](C(=O)N(C)C)c2ccccc2)n1-c1ccccc1. The smallest absolute Gasteiger partial charge is 0.240 e. The first-order chi connectivity index (χ1) is 16.0. The van der Waals surface area contributed by atoms with E-state index in [9.17, 15) is 4.79 Å². The van der Waals surface area contributed by atoms with E-state index in [-0.39, 0.29) is 12.5 Å². The largest absolute Gasteiger partial charge is 0.485 e. The number of likely N-dealkylation sites (N-methyl/N-ethyl adjacent to an activating group) is 1. The van der Waals surface area contributed by atoms with Crippen molar-refractivity contribution >= 4 is 17.7 Å². The van der Waals surface area contributed by atoms with Crippen molar-refractivity contribution in [2.75, 3.05) is 14.1 Å². The van der Waals surface area contributed by atoms with E-state index >= 15 is 0 Å². The fourth-order valence-electron chi connectivity index (χ4n) is 3.40. The second-order valence-corrected chi connectivity index (χ2v) is 8.84. The number of carbonyl (C=O) groups is 1. The van der Waals surface area contributed by atoms with Crippen LogP contribution in [0.25, 0.3) is 5.69 Å². The maximum Gasteiger partial charge on any atom is 0.240 e. The van der Waals surface area contributed by atoms with Crippen LogP contribution in [-0.2, 0) is 11.4 Å². The number of ether oxygens (including phenoxy) is 1. The Kier molecular flexibility index (Phi) is 7.10. The summed E-state index contributed by atoms with van der Waals surface area (Å²) in [5.74, 6) is 1.46. The fraction of sp³-hybridized carbons (Fsp3) is 0.192. The molecule has 1 atom stereocenters. The predicted molar refractivity (Wildman–Crippen MR) is 131 cm³/mol. The second-order valence-electron chi connectivity index (χ2n) is 7.77. The minimum absolute atomic E-state index is 0.00785. The Morgan fingerprint density at radius 1 is 0.939 bits per heavy atom. The summed E-state index contributed by atoms with van der Waals surface area (Å²) in [6.45, 7) is 2.26. The van der Waals surface area contributed by atoms with E-state index in [1.807, 2.05) is 96.4 Å². The van der Waals surface area contributed by atoms with E-state index in [0.717, 1.165) is 22.6 Å². The normalized spacial score (nSPS) is 11.7. The molecule has 33 heavy (non-hydrogen) atoms. The van der Waals surface area contributed by atoms with Gasteiger partial charge in [-0.1, -0.05) is 78.5 Å². The van der Waals surface area contributed by atoms with Gasteiger partial charge in [0, 0.05) is 19.8 Å². The molecule has 1 heterocycles. The molecule has 3 aromatic carbocycles. The summed E-state index contributed by atoms with van der Waals surface area (Å²) in [6, 6.07) is 27.5. The van der Waals surface area contributed by atoms with Gasteiger partial charge in [-0.25, -0.2) is 0 Å². The molecule has 1 amide bonds. The summed E-state index contributed by atoms with van der Waals surface area (Å²) in [5, 5.41) is 9.08. The minimum atomic E-state index is -0.446. The summed E-state index contributed by atoms with van der Waals surface area (Å²) < 4.78 is 8.03. The van der Waals surface area contributed by atoms with Crippen molar-refractivity contribution in [1.29, 1.82) is 0 Å². The first-order valence-corrected chi connectivity index (χ1v) is 11.5. The molecule has 0 aliphatic carbocycles. The Balaban J connectivity index is 1.70. The number of benzene rings is 3. The molecule has 4 rings (SSSR count). The standard InChI is InChI=1S/C26H26N4O2S/c1-19-12-10-11-17-22(19)32-18-23-27-28-26(30(23)21-15-8-5-9-16-21)33-24(25(31)29(2)3)20-13-6-4-7-14-20/h4-17,24H,18H2,1-3H3/t24-/m1/s1. The van der Waals surface area contributed by atoms with Crippen LogP contribution in [0.15, 0.2) is 90.1 Å². The molecular formula is C26H26N4O2S. The maximum atomic E-state index is 13.1. The van der Waals surface area contributed by atoms with E-state index in [0.29, 0.717) is 11.0 Å². The van der Waals surface area contributed by atoms with Gasteiger partial charge in [-0.05, 0) is 36.2 Å². The summed E-state index contributed by atoms with van der Waals surface area (Å²) in [6.07, 6.45) is 0. The average Bonchev–Trinajstić information content (AvgIpc) is 3.25. The van der Waals surface area contributed by atoms with Gasteiger partial charge < -0.3 is 9.64 Å². The highest BCUT2D eigenvalue weighted by molar-refractivity contribution is 8.00. The van der Waals surface area contributed by atoms with Gasteiger partial charge in [0.25, 0.3) is 0 Å². The number of para-hydroxylation sites is 2. The summed E-state index contributed by atoms with van der Waals surface area (Å²) in [7, 11) is 3.53. The number of amides is 1. The van der Waals surface area contributed by atoms with Gasteiger partial charge in [-0.15, -0.1) is 10.2 Å². The molecule has 0 aliphatic heterocycles. The quantitative estimate of drug-likeness (QED) is 0.345. The molecule has 0 fully saturated rings. The Labute approximate surface area is 198 Å². The van der Waals surface area contributed by atoms with Crippen molar-refractivity contribution in [1.82, 2.24) is 19.7 Å². The monoisotopic (exact) mass is 458 g/mol. The minimum Gasteiger partial charge on any atom is -0.485 e. The molecule has 0 radical (unpaired) electrons. The number of hydrogen-bond donors (Lipinski definition) is 0. The van der Waals surface area contributed by atoms with Crippen LogP contribution in [0.1, 0.15) is 22.2 Å². The van der Waals surface area contributed by atoms with Crippen LogP contribution >= 0.6 is 11.8 Å². The van der Waals surface area contributed by atoms with E-state index < -0.39 is 5.25 Å². The van der Waals surface area contributed by atoms with Crippen molar-refractivity contribution in [3.05, 3.63) is 102 Å². The molecule has 168 valence electrons. The number of thioether (sulfide) groups is 1. The topological polar surface area (TPSA) is 60.3 Å². The highest BCUT2D eigenvalue weighted by Gasteiger charge is 2.27. The molecule has 6 nitrogen and oxygen atoms in total. The van der Waals surface area contributed by atoms with Crippen molar-refractivity contribution in [3.8, 4) is 11.4 Å². The number of aromatic nitrogens is 3. The first kappa shape index (κ1) is 22.6. The average molecular weight is 459 g/mol. The predicted octanol–water partition coefficient (Wildman–Crippen LogP) is 5.08. The third-order valence-electron chi connectivity index (χ3n) is 5.16. The van der Waals surface area contributed by atoms with Crippen LogP contribution in [0.2, 0.25) is 0 Å². The molecular weight excluding hydrogens is 432 g/mol. The molecule has 7 heteroatoms. The fourth-order valence-corrected chi connectivity index (χ4v) is 4.62. The van der Waals surface area contributed by atoms with Gasteiger partial charge in [0.1, 0.15) is 17.6 Å². The zero-order chi connectivity index (χ0) is 23.2. The van der Waals surface area contributed by atoms with E-state index in [1.54, 1.807) is 19.0 Å². The van der Waals surface area contributed by atoms with Crippen molar-refractivity contribution < 1.29 is 9.53 Å². The van der Waals surface area contributed by atoms with Crippen molar-refractivity contribution in [3.63, 3.8) is 0 Å². The molecule has 0 aliphatic rings. The zero-order valence-corrected chi connectivity index (χ0v) is 19.7. The lowest BCUT2D eigenvalue weighted by molar-refractivity contribution is -0.128. The third-order valence-corrected chi connectivity index (χ3v) is 6.34. The van der Waals surface area contributed by atoms with Crippen LogP contribution in [0.4, 0.5) is 0 Å². The molecule has 0 bridgehead atoms. The zero-order valence-electron chi connectivity index (χ0n) is 18.9. The number of hydrogen-bond acceptors (Lipinski definition) is 5. The molecule has 1 aromatic heterocycles. The lowest BCUT2D eigenvalue weighted by Gasteiger charge is -2.20. The maximum absolute atomic E-state index is 13.1. The molecule has 0 saturated heterocycles. The first-order valence-electron chi connectivity index (χ1n) is 10.7. The lowest BCUT2D eigenvalue weighted by Crippen LogP contribution is -2.27. The van der Waals surface area contributed by atoms with Crippen LogP contribution in [-0.4, -0.2) is 39.7 Å². The van der Waals surface area contributed by atoms with Crippen molar-refractivity contribution in [2.45, 2.75) is 23.9 Å². The highest BCUT2D eigenvalue weighted by atomic mass is 32.2. The highest BCUT2D eigenvalue weighted by Crippen LogP contribution is 2.37. The van der Waals surface area contributed by atoms with Gasteiger partial charge in [-0.2, -0.15) is 0 Å². The van der Waals surface area contributed by atoms with Crippen LogP contribution < -0.4 is 4.74 Å². The van der Waals surface area contributed by atoms with E-state index in [4.69, 9.17) is 4.74 Å². The molecule has 0 saturated carbocycles. The number of aryl methyl sites for hydroxylation is 1. The summed E-state index contributed by atoms with van der Waals surface area (Å²) in [4.78, 5) is 14.7. The van der Waals surface area contributed by atoms with Crippen LogP contribution in [0.5, 0.6) is 5.75 Å². The molecule has 0 unspecified atom stereocenters. The Morgan fingerprint density at radius 2 is 1.58 bits per heavy atom. The number of rotatable bonds is 8. The van der Waals surface area contributed by atoms with E-state index in [2.05, 4.69) is 10.2 Å². The van der Waals surface area contributed by atoms with Gasteiger partial charge in [-0.3, -0.25) is 9.36 Å².